The third-order valence-corrected chi connectivity index (χ3v) is 5.62. The summed E-state index contributed by atoms with van der Waals surface area (Å²) in [5, 5.41) is 12.5. The first kappa shape index (κ1) is 17.3. The van der Waals surface area contributed by atoms with E-state index in [-0.39, 0.29) is 15.0 Å². The zero-order valence-electron chi connectivity index (χ0n) is 12.3. The van der Waals surface area contributed by atoms with Gasteiger partial charge in [-0.3, -0.25) is 19.8 Å². The van der Waals surface area contributed by atoms with Crippen LogP contribution in [-0.4, -0.2) is 23.3 Å². The topological polar surface area (TPSA) is 115 Å². The van der Waals surface area contributed by atoms with Gasteiger partial charge >= 0.3 is 0 Å². The van der Waals surface area contributed by atoms with Gasteiger partial charge in [0.25, 0.3) is 15.7 Å². The number of sulfonamides is 1. The summed E-state index contributed by atoms with van der Waals surface area (Å²) >= 11 is 6.78. The number of anilines is 1. The summed E-state index contributed by atoms with van der Waals surface area (Å²) in [7, 11) is -4.04. The molecule has 0 radical (unpaired) electrons. The monoisotopic (exact) mass is 396 g/mol. The first-order valence-corrected chi connectivity index (χ1v) is 9.44. The second-order valence-electron chi connectivity index (χ2n) is 4.73. The molecule has 3 aromatic rings. The van der Waals surface area contributed by atoms with E-state index in [1.165, 1.54) is 6.07 Å². The summed E-state index contributed by atoms with van der Waals surface area (Å²) in [4.78, 5) is 18.2. The Balaban J connectivity index is 1.89. The first-order chi connectivity index (χ1) is 11.9. The van der Waals surface area contributed by atoms with Crippen LogP contribution in [0, 0.1) is 10.1 Å². The van der Waals surface area contributed by atoms with Crippen LogP contribution in [0.2, 0.25) is 5.02 Å². The minimum Gasteiger partial charge on any atom is -0.258 e. The van der Waals surface area contributed by atoms with Gasteiger partial charge in [0, 0.05) is 17.6 Å². The molecule has 0 aliphatic heterocycles. The summed E-state index contributed by atoms with van der Waals surface area (Å²) in [6.45, 7) is 0. The average Bonchev–Trinajstić information content (AvgIpc) is 3.03. The zero-order valence-corrected chi connectivity index (χ0v) is 14.7. The molecule has 2 aromatic heterocycles. The molecule has 0 aliphatic rings. The number of nitrogens with zero attached hydrogens (tertiary/aromatic N) is 3. The maximum absolute atomic E-state index is 12.4. The number of hydrogen-bond donors (Lipinski definition) is 1. The summed E-state index contributed by atoms with van der Waals surface area (Å²) in [5.41, 5.74) is 0.634. The largest absolute Gasteiger partial charge is 0.289 e. The van der Waals surface area contributed by atoms with Gasteiger partial charge in [0.05, 0.1) is 15.5 Å². The molecule has 128 valence electrons. The van der Waals surface area contributed by atoms with Gasteiger partial charge in [-0.2, -0.15) is 0 Å². The lowest BCUT2D eigenvalue weighted by atomic mass is 10.3. The van der Waals surface area contributed by atoms with Gasteiger partial charge in [-0.25, -0.2) is 13.4 Å². The summed E-state index contributed by atoms with van der Waals surface area (Å²) < 4.78 is 27.1. The van der Waals surface area contributed by atoms with Crippen LogP contribution in [0.1, 0.15) is 0 Å². The molecule has 3 rings (SSSR count). The molecule has 0 saturated carbocycles. The predicted octanol–water partition coefficient (Wildman–Crippen LogP) is 3.57. The molecule has 0 bridgehead atoms. The van der Waals surface area contributed by atoms with Crippen molar-refractivity contribution in [1.82, 2.24) is 9.97 Å². The fraction of sp³-hybridized carbons (Fsp3) is 0. The summed E-state index contributed by atoms with van der Waals surface area (Å²) in [5.74, 6) is 0. The van der Waals surface area contributed by atoms with E-state index in [9.17, 15) is 18.5 Å². The van der Waals surface area contributed by atoms with Crippen LogP contribution in [-0.2, 0) is 10.0 Å². The Morgan fingerprint density at radius 3 is 2.68 bits per heavy atom. The quantitative estimate of drug-likeness (QED) is 0.520. The van der Waals surface area contributed by atoms with Crippen molar-refractivity contribution >= 4 is 43.8 Å². The van der Waals surface area contributed by atoms with Gasteiger partial charge in [-0.05, 0) is 24.3 Å². The van der Waals surface area contributed by atoms with Crippen molar-refractivity contribution in [3.8, 4) is 11.4 Å². The highest BCUT2D eigenvalue weighted by Gasteiger charge is 2.22. The van der Waals surface area contributed by atoms with Gasteiger partial charge < -0.3 is 0 Å². The van der Waals surface area contributed by atoms with Crippen molar-refractivity contribution in [2.45, 2.75) is 4.90 Å². The van der Waals surface area contributed by atoms with Gasteiger partial charge in [0.2, 0.25) is 0 Å². The number of nitro groups is 1. The third kappa shape index (κ3) is 3.76. The number of benzene rings is 1. The Kier molecular flexibility index (Phi) is 4.66. The fourth-order valence-corrected chi connectivity index (χ4v) is 4.09. The maximum Gasteiger partial charge on any atom is 0.289 e. The van der Waals surface area contributed by atoms with E-state index in [1.807, 2.05) is 0 Å². The van der Waals surface area contributed by atoms with E-state index in [0.29, 0.717) is 11.4 Å². The third-order valence-electron chi connectivity index (χ3n) is 3.08. The number of rotatable bonds is 5. The zero-order chi connectivity index (χ0) is 18.0. The first-order valence-electron chi connectivity index (χ1n) is 6.70. The van der Waals surface area contributed by atoms with Gasteiger partial charge in [0.1, 0.15) is 10.7 Å². The Bertz CT molecular complexity index is 1040. The van der Waals surface area contributed by atoms with Crippen molar-refractivity contribution in [1.29, 1.82) is 0 Å². The Hall–Kier alpha value is -2.56. The lowest BCUT2D eigenvalue weighted by molar-refractivity contribution is -0.384. The standard InChI is InChI=1S/C14H9ClN4O4S2/c15-10-5-4-9(7-13(10)19(20)21)25(22,23)18-14-17-12(8-24-14)11-3-1-2-6-16-11/h1-8H,(H,17,18). The SMILES string of the molecule is O=[N+]([O-])c1cc(S(=O)(=O)Nc2nc(-c3ccccn3)cs2)ccc1Cl. The summed E-state index contributed by atoms with van der Waals surface area (Å²) in [6.07, 6.45) is 1.60. The Morgan fingerprint density at radius 1 is 1.20 bits per heavy atom. The van der Waals surface area contributed by atoms with E-state index in [1.54, 1.807) is 29.8 Å². The number of hydrogen-bond acceptors (Lipinski definition) is 7. The highest BCUT2D eigenvalue weighted by Crippen LogP contribution is 2.29. The highest BCUT2D eigenvalue weighted by molar-refractivity contribution is 7.93. The van der Waals surface area contributed by atoms with Crippen LogP contribution in [0.5, 0.6) is 0 Å². The van der Waals surface area contributed by atoms with E-state index in [0.717, 1.165) is 23.5 Å². The number of halogens is 1. The lowest BCUT2D eigenvalue weighted by Crippen LogP contribution is -2.13. The van der Waals surface area contributed by atoms with Crippen molar-refractivity contribution in [3.05, 3.63) is 63.1 Å². The van der Waals surface area contributed by atoms with Crippen molar-refractivity contribution < 1.29 is 13.3 Å². The van der Waals surface area contributed by atoms with E-state index >= 15 is 0 Å². The van der Waals surface area contributed by atoms with Crippen molar-refractivity contribution in [3.63, 3.8) is 0 Å². The van der Waals surface area contributed by atoms with Gasteiger partial charge in [0.15, 0.2) is 5.13 Å². The number of pyridine rings is 1. The van der Waals surface area contributed by atoms with Crippen LogP contribution in [0.3, 0.4) is 0 Å². The second-order valence-corrected chi connectivity index (χ2v) is 7.68. The molecule has 8 nitrogen and oxygen atoms in total. The maximum atomic E-state index is 12.4. The van der Waals surface area contributed by atoms with Crippen LogP contribution in [0.15, 0.2) is 52.9 Å². The van der Waals surface area contributed by atoms with Crippen molar-refractivity contribution in [2.75, 3.05) is 4.72 Å². The smallest absolute Gasteiger partial charge is 0.258 e. The van der Waals surface area contributed by atoms with E-state index in [2.05, 4.69) is 14.7 Å². The molecule has 0 saturated heterocycles. The lowest BCUT2D eigenvalue weighted by Gasteiger charge is -2.05. The number of thiazole rings is 1. The molecule has 2 heterocycles. The van der Waals surface area contributed by atoms with Gasteiger partial charge in [-0.1, -0.05) is 17.7 Å². The number of nitrogens with one attached hydrogen (secondary N) is 1. The van der Waals surface area contributed by atoms with Crippen molar-refractivity contribution in [2.24, 2.45) is 0 Å². The molecule has 25 heavy (non-hydrogen) atoms. The molecule has 0 atom stereocenters. The van der Waals surface area contributed by atoms with E-state index in [4.69, 9.17) is 11.6 Å². The Morgan fingerprint density at radius 2 is 2.00 bits per heavy atom. The molecule has 0 spiro atoms. The van der Waals surface area contributed by atoms with E-state index < -0.39 is 20.6 Å². The molecule has 0 aliphatic carbocycles. The number of nitro benzene ring substituents is 1. The van der Waals surface area contributed by atoms with Crippen LogP contribution in [0.25, 0.3) is 11.4 Å². The molecular weight excluding hydrogens is 388 g/mol. The van der Waals surface area contributed by atoms with Gasteiger partial charge in [-0.15, -0.1) is 11.3 Å². The van der Waals surface area contributed by atoms with Crippen LogP contribution in [0.4, 0.5) is 10.8 Å². The van der Waals surface area contributed by atoms with Crippen LogP contribution < -0.4 is 4.72 Å². The predicted molar refractivity (Wildman–Crippen MR) is 94.3 cm³/mol. The van der Waals surface area contributed by atoms with Crippen LogP contribution >= 0.6 is 22.9 Å². The molecule has 1 N–H and O–H groups in total. The fourth-order valence-electron chi connectivity index (χ4n) is 1.93. The normalized spacial score (nSPS) is 11.2. The molecule has 11 heteroatoms. The highest BCUT2D eigenvalue weighted by atomic mass is 35.5. The Labute approximate surface area is 151 Å². The second kappa shape index (κ2) is 6.75. The minimum absolute atomic E-state index is 0.123. The molecule has 0 fully saturated rings. The average molecular weight is 397 g/mol. The molecule has 0 amide bonds. The molecule has 1 aromatic carbocycles. The minimum atomic E-state index is -4.04. The summed E-state index contributed by atoms with van der Waals surface area (Å²) in [6, 6.07) is 8.54. The number of aromatic nitrogens is 2. The molecule has 0 unspecified atom stereocenters. The molecular formula is C14H9ClN4O4S2.